The molecule has 0 N–H and O–H groups in total. The smallest absolute Gasteiger partial charge is 0.00168 e. The van der Waals surface area contributed by atoms with Gasteiger partial charge in [0.15, 0.2) is 0 Å². The second kappa shape index (κ2) is 9.39. The van der Waals surface area contributed by atoms with Crippen molar-refractivity contribution in [1.29, 1.82) is 0 Å². The summed E-state index contributed by atoms with van der Waals surface area (Å²) in [7, 11) is 0. The molecule has 1 fully saturated rings. The number of rotatable bonds is 0. The van der Waals surface area contributed by atoms with Crippen LogP contribution in [0.25, 0.3) is 0 Å². The topological polar surface area (TPSA) is 0 Å². The van der Waals surface area contributed by atoms with Gasteiger partial charge in [0.2, 0.25) is 0 Å². The molecule has 0 radical (unpaired) electrons. The molecule has 0 atom stereocenters. The highest BCUT2D eigenvalue weighted by Gasteiger charge is 2.06. The van der Waals surface area contributed by atoms with Crippen LogP contribution < -0.4 is 0 Å². The van der Waals surface area contributed by atoms with E-state index in [1.54, 1.807) is 0 Å². The van der Waals surface area contributed by atoms with Crippen LogP contribution in [0.1, 0.15) is 84.0 Å². The van der Waals surface area contributed by atoms with Gasteiger partial charge >= 0.3 is 0 Å². The third-order valence-electron chi connectivity index (χ3n) is 3.97. The Hall–Kier alpha value is 0.350. The lowest BCUT2D eigenvalue weighted by atomic mass is 9.95. The molecule has 1 saturated carbocycles. The maximum Gasteiger partial charge on any atom is 0.00168 e. The van der Waals surface area contributed by atoms with E-state index in [1.165, 1.54) is 77.0 Å². The van der Waals surface area contributed by atoms with E-state index in [0.717, 1.165) is 5.92 Å². The number of hydrogen-bond acceptors (Lipinski definition) is 1. The summed E-state index contributed by atoms with van der Waals surface area (Å²) >= 11 is 4.69. The Morgan fingerprint density at radius 1 is 0.625 bits per heavy atom. The lowest BCUT2D eigenvalue weighted by Gasteiger charge is -2.14. The summed E-state index contributed by atoms with van der Waals surface area (Å²) in [5, 5.41) is 0.682. The highest BCUT2D eigenvalue weighted by molar-refractivity contribution is 7.80. The molecule has 96 valence electrons. The van der Waals surface area contributed by atoms with Crippen molar-refractivity contribution < 1.29 is 0 Å². The Morgan fingerprint density at radius 2 is 1.00 bits per heavy atom. The summed E-state index contributed by atoms with van der Waals surface area (Å²) in [5.41, 5.74) is 0. The largest absolute Gasteiger partial charge is 0.176 e. The zero-order chi connectivity index (χ0) is 11.6. The first kappa shape index (κ1) is 14.4. The van der Waals surface area contributed by atoms with Gasteiger partial charge in [0.25, 0.3) is 0 Å². The fourth-order valence-corrected chi connectivity index (χ4v) is 3.11. The van der Waals surface area contributed by atoms with Crippen molar-refractivity contribution in [1.82, 2.24) is 0 Å². The van der Waals surface area contributed by atoms with Crippen LogP contribution in [0.5, 0.6) is 0 Å². The van der Waals surface area contributed by atoms with Gasteiger partial charge in [0, 0.05) is 5.25 Å². The standard InChI is InChI=1S/C15H30S/c1-14-10-6-2-4-8-12-15(16)13-9-5-3-7-11-14/h14-16H,2-13H2,1H3. The second-order valence-corrected chi connectivity index (χ2v) is 6.47. The minimum Gasteiger partial charge on any atom is -0.176 e. The predicted octanol–water partition coefficient (Wildman–Crippen LogP) is 5.62. The van der Waals surface area contributed by atoms with Gasteiger partial charge < -0.3 is 0 Å². The minimum absolute atomic E-state index is 0.682. The van der Waals surface area contributed by atoms with Gasteiger partial charge in [-0.05, 0) is 18.8 Å². The summed E-state index contributed by atoms with van der Waals surface area (Å²) < 4.78 is 0. The fraction of sp³-hybridized carbons (Fsp3) is 1.00. The van der Waals surface area contributed by atoms with Crippen molar-refractivity contribution in [3.8, 4) is 0 Å². The van der Waals surface area contributed by atoms with Crippen LogP contribution in [0.4, 0.5) is 0 Å². The van der Waals surface area contributed by atoms with Gasteiger partial charge in [-0.3, -0.25) is 0 Å². The molecule has 1 aliphatic carbocycles. The number of thiol groups is 1. The summed E-state index contributed by atoms with van der Waals surface area (Å²) in [6, 6.07) is 0. The van der Waals surface area contributed by atoms with Crippen molar-refractivity contribution in [3.63, 3.8) is 0 Å². The summed E-state index contributed by atoms with van der Waals surface area (Å²) in [6.45, 7) is 2.44. The molecule has 0 aromatic rings. The molecule has 0 heterocycles. The SMILES string of the molecule is CC1CCCCCCC(S)CCCCCC1. The van der Waals surface area contributed by atoms with Crippen molar-refractivity contribution >= 4 is 12.6 Å². The maximum absolute atomic E-state index is 4.69. The van der Waals surface area contributed by atoms with Gasteiger partial charge in [-0.1, -0.05) is 71.1 Å². The summed E-state index contributed by atoms with van der Waals surface area (Å²) in [5.74, 6) is 0.973. The lowest BCUT2D eigenvalue weighted by Crippen LogP contribution is -2.00. The first-order valence-corrected chi connectivity index (χ1v) is 7.98. The van der Waals surface area contributed by atoms with Crippen LogP contribution in [0, 0.1) is 5.92 Å². The van der Waals surface area contributed by atoms with E-state index in [4.69, 9.17) is 0 Å². The van der Waals surface area contributed by atoms with E-state index >= 15 is 0 Å². The molecule has 16 heavy (non-hydrogen) atoms. The van der Waals surface area contributed by atoms with E-state index in [2.05, 4.69) is 19.6 Å². The molecule has 1 rings (SSSR count). The molecule has 0 unspecified atom stereocenters. The molecule has 0 amide bonds. The molecule has 0 saturated heterocycles. The predicted molar refractivity (Wildman–Crippen MR) is 77.3 cm³/mol. The third-order valence-corrected chi connectivity index (χ3v) is 4.48. The van der Waals surface area contributed by atoms with Crippen molar-refractivity contribution in [2.45, 2.75) is 89.2 Å². The molecule has 0 aliphatic heterocycles. The Labute approximate surface area is 108 Å². The Bertz CT molecular complexity index is 122. The Balaban J connectivity index is 2.18. The maximum atomic E-state index is 4.69. The van der Waals surface area contributed by atoms with Gasteiger partial charge in [-0.15, -0.1) is 0 Å². The zero-order valence-electron chi connectivity index (χ0n) is 11.1. The van der Waals surface area contributed by atoms with E-state index < -0.39 is 0 Å². The van der Waals surface area contributed by atoms with Crippen LogP contribution in [-0.4, -0.2) is 5.25 Å². The average molecular weight is 242 g/mol. The van der Waals surface area contributed by atoms with E-state index in [9.17, 15) is 0 Å². The van der Waals surface area contributed by atoms with Crippen LogP contribution >= 0.6 is 12.6 Å². The Kier molecular flexibility index (Phi) is 8.46. The molecule has 0 aromatic heterocycles. The molecule has 1 aliphatic rings. The Morgan fingerprint density at radius 3 is 1.44 bits per heavy atom. The molecule has 0 bridgehead atoms. The summed E-state index contributed by atoms with van der Waals surface area (Å²) in [6.07, 6.45) is 17.1. The second-order valence-electron chi connectivity index (χ2n) is 5.74. The van der Waals surface area contributed by atoms with Crippen molar-refractivity contribution in [2.24, 2.45) is 5.92 Å². The van der Waals surface area contributed by atoms with E-state index in [1.807, 2.05) is 0 Å². The van der Waals surface area contributed by atoms with Gasteiger partial charge in [0.05, 0.1) is 0 Å². The van der Waals surface area contributed by atoms with Crippen molar-refractivity contribution in [2.75, 3.05) is 0 Å². The first-order valence-electron chi connectivity index (χ1n) is 7.47. The van der Waals surface area contributed by atoms with E-state index in [0.29, 0.717) is 5.25 Å². The molecule has 0 aromatic carbocycles. The van der Waals surface area contributed by atoms with Crippen LogP contribution in [-0.2, 0) is 0 Å². The van der Waals surface area contributed by atoms with Crippen LogP contribution in [0.3, 0.4) is 0 Å². The van der Waals surface area contributed by atoms with Gasteiger partial charge in [0.1, 0.15) is 0 Å². The molecular formula is C15H30S. The summed E-state index contributed by atoms with van der Waals surface area (Å²) in [4.78, 5) is 0. The highest BCUT2D eigenvalue weighted by Crippen LogP contribution is 2.21. The van der Waals surface area contributed by atoms with Crippen LogP contribution in [0.2, 0.25) is 0 Å². The monoisotopic (exact) mass is 242 g/mol. The van der Waals surface area contributed by atoms with Crippen LogP contribution in [0.15, 0.2) is 0 Å². The molecule has 1 heteroatoms. The average Bonchev–Trinajstić information content (AvgIpc) is 2.27. The van der Waals surface area contributed by atoms with Gasteiger partial charge in [-0.25, -0.2) is 0 Å². The zero-order valence-corrected chi connectivity index (χ0v) is 12.0. The van der Waals surface area contributed by atoms with Crippen molar-refractivity contribution in [3.05, 3.63) is 0 Å². The quantitative estimate of drug-likeness (QED) is 0.524. The first-order chi connectivity index (χ1) is 7.79. The highest BCUT2D eigenvalue weighted by atomic mass is 32.1. The lowest BCUT2D eigenvalue weighted by molar-refractivity contribution is 0.425. The molecular weight excluding hydrogens is 212 g/mol. The molecule has 0 spiro atoms. The fourth-order valence-electron chi connectivity index (χ4n) is 2.74. The normalized spacial score (nSPS) is 31.9. The third kappa shape index (κ3) is 7.60. The molecule has 0 nitrogen and oxygen atoms in total. The minimum atomic E-state index is 0.682. The number of hydrogen-bond donors (Lipinski definition) is 1. The van der Waals surface area contributed by atoms with Gasteiger partial charge in [-0.2, -0.15) is 12.6 Å². The van der Waals surface area contributed by atoms with E-state index in [-0.39, 0.29) is 0 Å².